The predicted octanol–water partition coefficient (Wildman–Crippen LogP) is 1.44. The number of hydrogen-bond acceptors (Lipinski definition) is 3. The zero-order valence-electron chi connectivity index (χ0n) is 9.67. The zero-order valence-corrected chi connectivity index (χ0v) is 9.67. The summed E-state index contributed by atoms with van der Waals surface area (Å²) in [6, 6.07) is 10.5. The summed E-state index contributed by atoms with van der Waals surface area (Å²) in [5, 5.41) is 8.98. The second-order valence-electron chi connectivity index (χ2n) is 4.45. The molecular formula is C13H19NO2. The minimum atomic E-state index is 0.00275. The molecule has 1 N–H and O–H groups in total. The Morgan fingerprint density at radius 1 is 1.44 bits per heavy atom. The lowest BCUT2D eigenvalue weighted by Gasteiger charge is -2.19. The maximum absolute atomic E-state index is 8.98. The number of nitrogens with zero attached hydrogens (tertiary/aromatic N) is 1. The van der Waals surface area contributed by atoms with Gasteiger partial charge in [0, 0.05) is 13.1 Å². The van der Waals surface area contributed by atoms with Gasteiger partial charge in [0.25, 0.3) is 0 Å². The molecular weight excluding hydrogens is 202 g/mol. The Bertz CT molecular complexity index is 315. The van der Waals surface area contributed by atoms with Crippen LogP contribution in [0.5, 0.6) is 0 Å². The molecule has 2 atom stereocenters. The number of aliphatic hydroxyl groups is 1. The van der Waals surface area contributed by atoms with Crippen molar-refractivity contribution in [3.63, 3.8) is 0 Å². The molecule has 1 aliphatic heterocycles. The summed E-state index contributed by atoms with van der Waals surface area (Å²) >= 11 is 0. The highest BCUT2D eigenvalue weighted by atomic mass is 16.5. The average molecular weight is 221 g/mol. The lowest BCUT2D eigenvalue weighted by molar-refractivity contribution is 0.0516. The molecule has 1 aromatic rings. The summed E-state index contributed by atoms with van der Waals surface area (Å²) < 4.78 is 5.43. The van der Waals surface area contributed by atoms with Crippen molar-refractivity contribution in [1.29, 1.82) is 0 Å². The van der Waals surface area contributed by atoms with E-state index >= 15 is 0 Å². The zero-order chi connectivity index (χ0) is 11.4. The van der Waals surface area contributed by atoms with Crippen molar-refractivity contribution >= 4 is 0 Å². The first-order chi connectivity index (χ1) is 7.79. The van der Waals surface area contributed by atoms with Crippen molar-refractivity contribution in [1.82, 2.24) is 4.90 Å². The highest BCUT2D eigenvalue weighted by molar-refractivity contribution is 5.19. The molecule has 0 saturated carbocycles. The minimum Gasteiger partial charge on any atom is -0.394 e. The van der Waals surface area contributed by atoms with Gasteiger partial charge in [0.15, 0.2) is 0 Å². The van der Waals surface area contributed by atoms with E-state index < -0.39 is 0 Å². The normalized spacial score (nSPS) is 23.5. The Hall–Kier alpha value is -0.900. The summed E-state index contributed by atoms with van der Waals surface area (Å²) in [6.07, 6.45) is 0.00275. The first kappa shape index (κ1) is 11.6. The van der Waals surface area contributed by atoms with Crippen LogP contribution in [0.25, 0.3) is 0 Å². The standard InChI is InChI=1S/C13H19NO2/c1-11(12-5-3-2-4-6-12)7-14-8-13(9-15)16-10-14/h2-6,11,13,15H,7-10H2,1H3. The second-order valence-corrected chi connectivity index (χ2v) is 4.45. The van der Waals surface area contributed by atoms with Crippen molar-refractivity contribution in [2.45, 2.75) is 18.9 Å². The van der Waals surface area contributed by atoms with Crippen molar-refractivity contribution in [3.8, 4) is 0 Å². The minimum absolute atomic E-state index is 0.00275. The Labute approximate surface area is 96.6 Å². The summed E-state index contributed by atoms with van der Waals surface area (Å²) in [7, 11) is 0. The van der Waals surface area contributed by atoms with Gasteiger partial charge in [0.2, 0.25) is 0 Å². The lowest BCUT2D eigenvalue weighted by Crippen LogP contribution is -2.27. The van der Waals surface area contributed by atoms with Crippen molar-refractivity contribution < 1.29 is 9.84 Å². The summed E-state index contributed by atoms with van der Waals surface area (Å²) in [6.45, 7) is 4.81. The first-order valence-corrected chi connectivity index (χ1v) is 5.79. The van der Waals surface area contributed by atoms with Gasteiger partial charge in [-0.1, -0.05) is 37.3 Å². The summed E-state index contributed by atoms with van der Waals surface area (Å²) in [5.74, 6) is 0.502. The molecule has 2 unspecified atom stereocenters. The Balaban J connectivity index is 1.86. The quantitative estimate of drug-likeness (QED) is 0.835. The van der Waals surface area contributed by atoms with Crippen LogP contribution in [0.4, 0.5) is 0 Å². The van der Waals surface area contributed by atoms with Crippen LogP contribution in [0.3, 0.4) is 0 Å². The van der Waals surface area contributed by atoms with Crippen LogP contribution in [0.2, 0.25) is 0 Å². The molecule has 1 aliphatic rings. The molecule has 0 amide bonds. The fraction of sp³-hybridized carbons (Fsp3) is 0.538. The van der Waals surface area contributed by atoms with E-state index in [-0.39, 0.29) is 12.7 Å². The Kier molecular flexibility index (Phi) is 3.93. The van der Waals surface area contributed by atoms with Crippen LogP contribution < -0.4 is 0 Å². The maximum Gasteiger partial charge on any atom is 0.0996 e. The van der Waals surface area contributed by atoms with E-state index in [1.54, 1.807) is 0 Å². The van der Waals surface area contributed by atoms with Crippen molar-refractivity contribution in [2.75, 3.05) is 26.4 Å². The monoisotopic (exact) mass is 221 g/mol. The average Bonchev–Trinajstić information content (AvgIpc) is 2.78. The van der Waals surface area contributed by atoms with E-state index in [0.29, 0.717) is 12.6 Å². The molecule has 1 heterocycles. The van der Waals surface area contributed by atoms with Crippen molar-refractivity contribution in [2.24, 2.45) is 0 Å². The molecule has 1 saturated heterocycles. The highest BCUT2D eigenvalue weighted by Gasteiger charge is 2.23. The Morgan fingerprint density at radius 3 is 2.81 bits per heavy atom. The lowest BCUT2D eigenvalue weighted by atomic mass is 10.0. The number of ether oxygens (including phenoxy) is 1. The third kappa shape index (κ3) is 2.82. The maximum atomic E-state index is 8.98. The van der Waals surface area contributed by atoms with E-state index in [4.69, 9.17) is 9.84 Å². The van der Waals surface area contributed by atoms with Crippen LogP contribution >= 0.6 is 0 Å². The van der Waals surface area contributed by atoms with E-state index in [1.807, 2.05) is 6.07 Å². The number of hydrogen-bond donors (Lipinski definition) is 1. The molecule has 0 spiro atoms. The van der Waals surface area contributed by atoms with Gasteiger partial charge in [-0.2, -0.15) is 0 Å². The molecule has 0 bridgehead atoms. The molecule has 16 heavy (non-hydrogen) atoms. The molecule has 3 heteroatoms. The van der Waals surface area contributed by atoms with Gasteiger partial charge < -0.3 is 9.84 Å². The molecule has 0 aromatic heterocycles. The van der Waals surface area contributed by atoms with Gasteiger partial charge in [-0.15, -0.1) is 0 Å². The molecule has 0 radical (unpaired) electrons. The largest absolute Gasteiger partial charge is 0.394 e. The molecule has 1 fully saturated rings. The number of rotatable bonds is 4. The van der Waals surface area contributed by atoms with Gasteiger partial charge in [0.1, 0.15) is 0 Å². The van der Waals surface area contributed by atoms with Gasteiger partial charge in [-0.05, 0) is 11.5 Å². The van der Waals surface area contributed by atoms with Crippen LogP contribution in [0.15, 0.2) is 30.3 Å². The molecule has 88 valence electrons. The van der Waals surface area contributed by atoms with Crippen LogP contribution in [0.1, 0.15) is 18.4 Å². The third-order valence-electron chi connectivity index (χ3n) is 3.06. The predicted molar refractivity (Wildman–Crippen MR) is 63.3 cm³/mol. The summed E-state index contributed by atoms with van der Waals surface area (Å²) in [5.41, 5.74) is 1.36. The van der Waals surface area contributed by atoms with Crippen LogP contribution in [0, 0.1) is 0 Å². The van der Waals surface area contributed by atoms with Crippen LogP contribution in [-0.2, 0) is 4.74 Å². The number of aliphatic hydroxyl groups excluding tert-OH is 1. The van der Waals surface area contributed by atoms with E-state index in [0.717, 1.165) is 13.1 Å². The van der Waals surface area contributed by atoms with E-state index in [9.17, 15) is 0 Å². The first-order valence-electron chi connectivity index (χ1n) is 5.79. The molecule has 2 rings (SSSR count). The fourth-order valence-electron chi connectivity index (χ4n) is 2.12. The van der Waals surface area contributed by atoms with Gasteiger partial charge in [-0.3, -0.25) is 4.90 Å². The topological polar surface area (TPSA) is 32.7 Å². The number of benzene rings is 1. The highest BCUT2D eigenvalue weighted by Crippen LogP contribution is 2.18. The van der Waals surface area contributed by atoms with Gasteiger partial charge >= 0.3 is 0 Å². The Morgan fingerprint density at radius 2 is 2.19 bits per heavy atom. The SMILES string of the molecule is CC(CN1COC(CO)C1)c1ccccc1. The second kappa shape index (κ2) is 5.43. The van der Waals surface area contributed by atoms with E-state index in [2.05, 4.69) is 36.1 Å². The van der Waals surface area contributed by atoms with Crippen molar-refractivity contribution in [3.05, 3.63) is 35.9 Å². The van der Waals surface area contributed by atoms with Gasteiger partial charge in [0.05, 0.1) is 19.4 Å². The smallest absolute Gasteiger partial charge is 0.0996 e. The third-order valence-corrected chi connectivity index (χ3v) is 3.06. The van der Waals surface area contributed by atoms with Crippen LogP contribution in [-0.4, -0.2) is 42.5 Å². The fourth-order valence-corrected chi connectivity index (χ4v) is 2.12. The summed E-state index contributed by atoms with van der Waals surface area (Å²) in [4.78, 5) is 2.25. The molecule has 0 aliphatic carbocycles. The molecule has 1 aromatic carbocycles. The van der Waals surface area contributed by atoms with E-state index in [1.165, 1.54) is 5.56 Å². The molecule has 3 nitrogen and oxygen atoms in total. The van der Waals surface area contributed by atoms with Gasteiger partial charge in [-0.25, -0.2) is 0 Å².